The first-order valence-electron chi connectivity index (χ1n) is 42.1. The van der Waals surface area contributed by atoms with Gasteiger partial charge in [-0.15, -0.1) is 0 Å². The average molecular weight is 1880 g/mol. The lowest BCUT2D eigenvalue weighted by molar-refractivity contribution is -0.139. The fraction of sp³-hybridized carbons (Fsp3) is 0.388. The van der Waals surface area contributed by atoms with E-state index in [9.17, 15) is 69.5 Å². The zero-order valence-corrected chi connectivity index (χ0v) is 83.5. The predicted octanol–water partition coefficient (Wildman–Crippen LogP) is 19.4. The third-order valence-electron chi connectivity index (χ3n) is 23.3. The number of ether oxygens (including phenoxy) is 1. The molecule has 8 aromatic carbocycles. The molecule has 31 heteroatoms. The first-order chi connectivity index (χ1) is 59.0. The van der Waals surface area contributed by atoms with Crippen molar-refractivity contribution >= 4 is 111 Å². The Labute approximate surface area is 764 Å². The molecule has 8 aliphatic rings. The van der Waals surface area contributed by atoms with Crippen molar-refractivity contribution in [1.82, 2.24) is 13.3 Å². The molecular weight excluding hydrogens is 1760 g/mol. The summed E-state index contributed by atoms with van der Waals surface area (Å²) in [4.78, 5) is 39.0. The van der Waals surface area contributed by atoms with Crippen LogP contribution in [0.4, 0.5) is 37.2 Å². The fourth-order valence-corrected chi connectivity index (χ4v) is 23.1. The topological polar surface area (TPSA) is 300 Å². The van der Waals surface area contributed by atoms with Crippen molar-refractivity contribution < 1.29 is 74.2 Å². The first-order valence-corrected chi connectivity index (χ1v) is 51.6. The number of nitrogens with zero attached hydrogens (tertiary/aromatic N) is 5. The second-order valence-corrected chi connectivity index (χ2v) is 50.3. The smallest absolute Gasteiger partial charge is 0.352 e. The number of hydrogen-bond acceptors (Lipinski definition) is 18. The third kappa shape index (κ3) is 22.3. The lowest BCUT2D eigenvalue weighted by atomic mass is 9.85. The highest BCUT2D eigenvalue weighted by molar-refractivity contribution is 8.01. The number of sulfone groups is 2. The molecule has 0 spiro atoms. The minimum Gasteiger partial charge on any atom is -0.440 e. The van der Waals surface area contributed by atoms with Crippen LogP contribution in [0.5, 0.6) is 5.75 Å². The van der Waals surface area contributed by atoms with Crippen LogP contribution >= 0.6 is 0 Å². The molecule has 3 N–H and O–H groups in total. The molecule has 23 nitrogen and oxygen atoms in total. The summed E-state index contributed by atoms with van der Waals surface area (Å²) < 4.78 is 171. The van der Waals surface area contributed by atoms with E-state index in [-0.39, 0.29) is 71.7 Å². The summed E-state index contributed by atoms with van der Waals surface area (Å²) in [5.74, 6) is 2.07. The molecule has 0 bridgehead atoms. The number of nitrogens with one attached hydrogen (secondary N) is 3. The van der Waals surface area contributed by atoms with Gasteiger partial charge in [0.05, 0.1) is 64.1 Å². The molecule has 0 aliphatic carbocycles. The van der Waals surface area contributed by atoms with Crippen LogP contribution in [0.15, 0.2) is 220 Å². The quantitative estimate of drug-likeness (QED) is 0.138. The number of Topliss-reactive ketones (excluding diaryl/α,β-unsaturated/α-hetero) is 2. The van der Waals surface area contributed by atoms with Crippen LogP contribution in [0.25, 0.3) is 0 Å². The number of anilines is 5. The largest absolute Gasteiger partial charge is 0.440 e. The van der Waals surface area contributed by atoms with Crippen LogP contribution in [0.3, 0.4) is 0 Å². The van der Waals surface area contributed by atoms with Crippen molar-refractivity contribution in [3.05, 3.63) is 267 Å². The maximum Gasteiger partial charge on any atom is 0.352 e. The molecule has 1 atom stereocenters. The summed E-state index contributed by atoms with van der Waals surface area (Å²) in [6, 6.07) is 44.2. The van der Waals surface area contributed by atoms with Crippen LogP contribution in [-0.2, 0) is 104 Å². The molecule has 0 saturated carbocycles. The van der Waals surface area contributed by atoms with Gasteiger partial charge in [-0.2, -0.15) is 8.78 Å². The fourth-order valence-electron chi connectivity index (χ4n) is 14.5. The number of amides is 1. The second-order valence-electron chi connectivity index (χ2n) is 38.5. The summed E-state index contributed by atoms with van der Waals surface area (Å²) in [6.45, 7) is 56.2. The van der Waals surface area contributed by atoms with E-state index in [1.165, 1.54) is 38.9 Å². The molecular formula is C98H124F2N8O15S6. The standard InChI is InChI=1S/C14H19NO2S.C13H18N2O2S.C12H13F2NO.C12H16N2O2S.C12H17NOS.C12H15NO.C12H14O3S.C11H12O3S/c1-10-8-11-6-7-12(14(2,3)4)9-13(11)18(16,17)15(10)5;1-9(2)11-6-7-12-13(8-11)18(16,17)15(5)10(3)14(12)4;1-11(2,3)7-4-5-9-8(6-7)12(13,14)10(16)15-9;1-8(2)10-5-6-11-12(7-10)17(15,16)13-9(3)14(11)4;1-9(2)10-5-6-11-8-15(4,14)13(3)12(11)7-10;1-8-13-10-6-5-9(12(2,3)4)7-11(10)14-8;1-12(2,3)8-4-5-11-9(6-8)10(13)7-16(11,14)15;1-7(2)8-3-4-9-10(12)6-15(13,14)11(9)5-8/h6-7,9H,1,8H2,2-5H3;6-9H,3H2,1-2,4-5H3;4-6H,1-3H3,(H,15,16);5-8,13H,3H2,1-2,4H3;5-7,9H,4,8H2,1-3H3;5-7,13H,1H2,2-4H3;4-6H,7H2,1-3H3;3-5,7H,6H2,1-2H3. The van der Waals surface area contributed by atoms with E-state index in [1.54, 1.807) is 78.5 Å². The van der Waals surface area contributed by atoms with Gasteiger partial charge in [0.1, 0.15) is 32.9 Å². The molecule has 1 unspecified atom stereocenters. The third-order valence-corrected chi connectivity index (χ3v) is 33.7. The highest BCUT2D eigenvalue weighted by atomic mass is 32.2. The Morgan fingerprint density at radius 1 is 0.411 bits per heavy atom. The SMILES string of the molecule is C=C1Cc2ccc(C(C)(C)C)cc2S(=O)(=O)N1C.C=C1N(C)c2ccc(C(C)C)cc2S(=O)(=O)N1C.C=C1NS(=O)(=O)c2cc(C(C)C)ccc2N1C.C=C1Nc2ccc(C(C)(C)C)cc2O1.C=S1(=O)Cc2ccc(C(C)C)cc2N1C.CC(C)(C)c1ccc2c(c1)C(=O)CS2(=O)=O.CC(C)(C)c1ccc2c(c1)C(F)(F)C(=O)N2.CC(C)c1ccc2c(c1)S(=O)(=O)CC2=O. The Balaban J connectivity index is 0.000000166. The first kappa shape index (κ1) is 102. The van der Waals surface area contributed by atoms with Crippen molar-refractivity contribution in [3.63, 3.8) is 0 Å². The normalized spacial score (nSPS) is 18.6. The van der Waals surface area contributed by atoms with E-state index < -0.39 is 71.3 Å². The van der Waals surface area contributed by atoms with Crippen molar-refractivity contribution in [2.45, 2.75) is 226 Å². The number of ketones is 2. The van der Waals surface area contributed by atoms with Crippen LogP contribution in [-0.4, -0.2) is 125 Å². The molecule has 0 fully saturated rings. The van der Waals surface area contributed by atoms with Crippen LogP contribution in [0.1, 0.15) is 244 Å². The van der Waals surface area contributed by atoms with Gasteiger partial charge in [0.15, 0.2) is 42.9 Å². The van der Waals surface area contributed by atoms with Gasteiger partial charge in [-0.3, -0.25) is 27.7 Å². The van der Waals surface area contributed by atoms with Gasteiger partial charge in [0, 0.05) is 58.5 Å². The maximum absolute atomic E-state index is 13.5. The van der Waals surface area contributed by atoms with Gasteiger partial charge in [-0.25, -0.2) is 46.3 Å². The van der Waals surface area contributed by atoms with Gasteiger partial charge in [-0.05, 0) is 198 Å². The highest BCUT2D eigenvalue weighted by Gasteiger charge is 2.49. The van der Waals surface area contributed by atoms with Gasteiger partial charge >= 0.3 is 5.92 Å². The predicted molar refractivity (Wildman–Crippen MR) is 517 cm³/mol. The lowest BCUT2D eigenvalue weighted by Gasteiger charge is -2.36. The number of fused-ring (bicyclic) bond motifs is 8. The monoisotopic (exact) mass is 1880 g/mol. The van der Waals surface area contributed by atoms with E-state index in [0.29, 0.717) is 90.3 Å². The number of likely N-dealkylation sites (N-methyl/N-ethyl adjacent to an activating group) is 1. The number of sulfonamides is 3. The number of carbonyl (C=O) groups excluding carboxylic acids is 3. The van der Waals surface area contributed by atoms with Crippen molar-refractivity contribution in [3.8, 4) is 5.75 Å². The molecule has 0 aromatic heterocycles. The van der Waals surface area contributed by atoms with Crippen molar-refractivity contribution in [1.29, 1.82) is 0 Å². The summed E-state index contributed by atoms with van der Waals surface area (Å²) in [6.07, 6.45) is 0.593. The maximum atomic E-state index is 13.5. The molecule has 1 amide bonds. The van der Waals surface area contributed by atoms with Crippen LogP contribution in [0.2, 0.25) is 0 Å². The molecule has 0 radical (unpaired) electrons. The van der Waals surface area contributed by atoms with E-state index in [1.807, 2.05) is 150 Å². The Morgan fingerprint density at radius 3 is 1.37 bits per heavy atom. The number of benzene rings is 8. The van der Waals surface area contributed by atoms with E-state index >= 15 is 0 Å². The Bertz CT molecular complexity index is 6590. The number of allylic oxidation sites excluding steroid dienone is 1. The van der Waals surface area contributed by atoms with Gasteiger partial charge in [0.25, 0.3) is 36.0 Å². The number of hydrogen-bond donors (Lipinski definition) is 3. The Morgan fingerprint density at radius 2 is 0.837 bits per heavy atom. The molecule has 696 valence electrons. The van der Waals surface area contributed by atoms with Crippen molar-refractivity contribution in [2.75, 3.05) is 71.5 Å². The van der Waals surface area contributed by atoms with Gasteiger partial charge < -0.3 is 29.5 Å². The van der Waals surface area contributed by atoms with Crippen LogP contribution in [0, 0.1) is 0 Å². The number of halogens is 2. The van der Waals surface area contributed by atoms with Crippen LogP contribution < -0.4 is 34.2 Å². The summed E-state index contributed by atoms with van der Waals surface area (Å²) in [5, 5.41) is 5.24. The minimum atomic E-state index is -3.47. The van der Waals surface area contributed by atoms with Crippen molar-refractivity contribution in [2.24, 2.45) is 0 Å². The van der Waals surface area contributed by atoms with Gasteiger partial charge in [-0.1, -0.05) is 219 Å². The lowest BCUT2D eigenvalue weighted by Crippen LogP contribution is -2.39. The summed E-state index contributed by atoms with van der Waals surface area (Å²) in [5.41, 5.74) is 14.9. The van der Waals surface area contributed by atoms with Gasteiger partial charge in [0.2, 0.25) is 0 Å². The molecule has 8 aliphatic heterocycles. The second kappa shape index (κ2) is 37.1. The number of alkyl halides is 2. The van der Waals surface area contributed by atoms with E-state index in [0.717, 1.165) is 61.6 Å². The Hall–Kier alpha value is -10.4. The molecule has 0 saturated heterocycles. The molecule has 8 aromatic rings. The Kier molecular flexibility index (Phi) is 29.4. The average Bonchev–Trinajstić information content (AvgIpc) is 1.09. The minimum absolute atomic E-state index is 0.0580. The number of carbonyl (C=O) groups is 3. The van der Waals surface area contributed by atoms with E-state index in [4.69, 9.17) is 4.74 Å². The van der Waals surface area contributed by atoms with E-state index in [2.05, 4.69) is 133 Å². The molecule has 16 rings (SSSR count). The molecule has 8 heterocycles. The highest BCUT2D eigenvalue weighted by Crippen LogP contribution is 2.45. The zero-order chi connectivity index (χ0) is 97.2. The number of rotatable bonds is 4. The molecule has 129 heavy (non-hydrogen) atoms. The zero-order valence-electron chi connectivity index (χ0n) is 78.6. The summed E-state index contributed by atoms with van der Waals surface area (Å²) >= 11 is 0. The summed E-state index contributed by atoms with van der Waals surface area (Å²) in [7, 11) is -10.6.